The fraction of sp³-hybridized carbons (Fsp3) is 0.500. The zero-order valence-corrected chi connectivity index (χ0v) is 9.09. The zero-order valence-electron chi connectivity index (χ0n) is 9.09. The molecule has 2 nitrogen and oxygen atoms in total. The van der Waals surface area contributed by atoms with Gasteiger partial charge in [0.05, 0.1) is 0 Å². The first-order valence-electron chi connectivity index (χ1n) is 5.13. The average molecular weight is 192 g/mol. The van der Waals surface area contributed by atoms with Crippen molar-refractivity contribution < 1.29 is 0 Å². The Morgan fingerprint density at radius 3 is 2.21 bits per heavy atom. The van der Waals surface area contributed by atoms with E-state index in [1.807, 2.05) is 0 Å². The van der Waals surface area contributed by atoms with E-state index in [1.165, 1.54) is 16.7 Å². The van der Waals surface area contributed by atoms with Crippen LogP contribution in [0.4, 0.5) is 0 Å². The number of hydrogen-bond donors (Lipinski definition) is 2. The van der Waals surface area contributed by atoms with Crippen molar-refractivity contribution in [3.8, 4) is 0 Å². The van der Waals surface area contributed by atoms with Crippen LogP contribution in [-0.4, -0.2) is 13.1 Å². The molecule has 78 valence electrons. The Bertz CT molecular complexity index is 290. The lowest BCUT2D eigenvalue weighted by molar-refractivity contribution is 0.548. The van der Waals surface area contributed by atoms with Gasteiger partial charge < -0.3 is 11.5 Å². The zero-order chi connectivity index (χ0) is 10.6. The van der Waals surface area contributed by atoms with Gasteiger partial charge in [-0.1, -0.05) is 18.2 Å². The number of benzene rings is 1. The Kier molecular flexibility index (Phi) is 4.11. The quantitative estimate of drug-likeness (QED) is 0.757. The lowest BCUT2D eigenvalue weighted by atomic mass is 9.97. The number of rotatable bonds is 4. The highest BCUT2D eigenvalue weighted by atomic mass is 14.6. The van der Waals surface area contributed by atoms with Gasteiger partial charge in [0.15, 0.2) is 0 Å². The number of hydrogen-bond acceptors (Lipinski definition) is 2. The molecule has 0 aromatic heterocycles. The van der Waals surface area contributed by atoms with E-state index in [-0.39, 0.29) is 0 Å². The van der Waals surface area contributed by atoms with E-state index in [0.717, 1.165) is 6.42 Å². The van der Waals surface area contributed by atoms with Crippen molar-refractivity contribution in [2.24, 2.45) is 17.4 Å². The molecule has 14 heavy (non-hydrogen) atoms. The van der Waals surface area contributed by atoms with Crippen molar-refractivity contribution in [1.29, 1.82) is 0 Å². The molecule has 4 N–H and O–H groups in total. The normalized spacial score (nSPS) is 10.9. The first kappa shape index (κ1) is 11.2. The third kappa shape index (κ3) is 2.82. The summed E-state index contributed by atoms with van der Waals surface area (Å²) < 4.78 is 0. The summed E-state index contributed by atoms with van der Waals surface area (Å²) in [6.45, 7) is 5.61. The Hall–Kier alpha value is -0.860. The van der Waals surface area contributed by atoms with E-state index < -0.39 is 0 Å². The molecule has 1 aromatic rings. The lowest BCUT2D eigenvalue weighted by Gasteiger charge is -2.12. The number of aryl methyl sites for hydroxylation is 2. The summed E-state index contributed by atoms with van der Waals surface area (Å²) in [4.78, 5) is 0. The van der Waals surface area contributed by atoms with E-state index >= 15 is 0 Å². The molecule has 0 fully saturated rings. The minimum atomic E-state index is 0.414. The second kappa shape index (κ2) is 5.13. The molecule has 0 bridgehead atoms. The highest BCUT2D eigenvalue weighted by molar-refractivity contribution is 5.30. The van der Waals surface area contributed by atoms with Crippen LogP contribution in [0.5, 0.6) is 0 Å². The maximum Gasteiger partial charge on any atom is -0.00336 e. The van der Waals surface area contributed by atoms with Gasteiger partial charge in [-0.3, -0.25) is 0 Å². The fourth-order valence-corrected chi connectivity index (χ4v) is 1.53. The van der Waals surface area contributed by atoms with Gasteiger partial charge in [0, 0.05) is 0 Å². The largest absolute Gasteiger partial charge is 0.330 e. The molecule has 0 amide bonds. The molecule has 0 aliphatic carbocycles. The van der Waals surface area contributed by atoms with Crippen LogP contribution in [-0.2, 0) is 6.42 Å². The van der Waals surface area contributed by atoms with Crippen molar-refractivity contribution in [3.05, 3.63) is 34.9 Å². The smallest absolute Gasteiger partial charge is 0.00336 e. The molecule has 0 aliphatic rings. The molecule has 0 atom stereocenters. The summed E-state index contributed by atoms with van der Waals surface area (Å²) >= 11 is 0. The summed E-state index contributed by atoms with van der Waals surface area (Å²) in [6.07, 6.45) is 0.994. The molecule has 0 radical (unpaired) electrons. The summed E-state index contributed by atoms with van der Waals surface area (Å²) in [5.74, 6) is 0.414. The molecular formula is C12H20N2. The van der Waals surface area contributed by atoms with Gasteiger partial charge >= 0.3 is 0 Å². The van der Waals surface area contributed by atoms with Crippen LogP contribution in [0, 0.1) is 19.8 Å². The Morgan fingerprint density at radius 2 is 1.71 bits per heavy atom. The second-order valence-electron chi connectivity index (χ2n) is 3.96. The highest BCUT2D eigenvalue weighted by Crippen LogP contribution is 2.13. The van der Waals surface area contributed by atoms with Gasteiger partial charge in [0.2, 0.25) is 0 Å². The minimum Gasteiger partial charge on any atom is -0.330 e. The van der Waals surface area contributed by atoms with Crippen LogP contribution in [0.1, 0.15) is 16.7 Å². The average Bonchev–Trinajstić information content (AvgIpc) is 2.19. The molecule has 0 unspecified atom stereocenters. The summed E-state index contributed by atoms with van der Waals surface area (Å²) in [5.41, 5.74) is 15.3. The van der Waals surface area contributed by atoms with Crippen LogP contribution >= 0.6 is 0 Å². The van der Waals surface area contributed by atoms with Gasteiger partial charge in [-0.05, 0) is 56.0 Å². The van der Waals surface area contributed by atoms with Crippen LogP contribution < -0.4 is 11.5 Å². The topological polar surface area (TPSA) is 52.0 Å². The van der Waals surface area contributed by atoms with Gasteiger partial charge in [-0.25, -0.2) is 0 Å². The maximum absolute atomic E-state index is 5.62. The fourth-order valence-electron chi connectivity index (χ4n) is 1.53. The monoisotopic (exact) mass is 192 g/mol. The maximum atomic E-state index is 5.62. The highest BCUT2D eigenvalue weighted by Gasteiger charge is 2.05. The second-order valence-corrected chi connectivity index (χ2v) is 3.96. The number of nitrogens with two attached hydrogens (primary N) is 2. The van der Waals surface area contributed by atoms with Crippen LogP contribution in [0.3, 0.4) is 0 Å². The molecule has 0 spiro atoms. The first-order valence-corrected chi connectivity index (χ1v) is 5.13. The predicted octanol–water partition coefficient (Wildman–Crippen LogP) is 1.38. The van der Waals surface area contributed by atoms with Gasteiger partial charge in [0.25, 0.3) is 0 Å². The lowest BCUT2D eigenvalue weighted by Crippen LogP contribution is -2.25. The van der Waals surface area contributed by atoms with Crippen LogP contribution in [0.2, 0.25) is 0 Å². The summed E-state index contributed by atoms with van der Waals surface area (Å²) in [6, 6.07) is 6.56. The van der Waals surface area contributed by atoms with Gasteiger partial charge in [-0.2, -0.15) is 0 Å². The third-order valence-electron chi connectivity index (χ3n) is 2.76. The van der Waals surface area contributed by atoms with E-state index in [2.05, 4.69) is 32.0 Å². The molecular weight excluding hydrogens is 172 g/mol. The first-order chi connectivity index (χ1) is 6.67. The molecule has 1 aromatic carbocycles. The van der Waals surface area contributed by atoms with Crippen molar-refractivity contribution >= 4 is 0 Å². The predicted molar refractivity (Wildman–Crippen MR) is 61.2 cm³/mol. The van der Waals surface area contributed by atoms with Crippen molar-refractivity contribution in [1.82, 2.24) is 0 Å². The van der Waals surface area contributed by atoms with Gasteiger partial charge in [-0.15, -0.1) is 0 Å². The summed E-state index contributed by atoms with van der Waals surface area (Å²) in [7, 11) is 0. The van der Waals surface area contributed by atoms with Crippen LogP contribution in [0.15, 0.2) is 18.2 Å². The third-order valence-corrected chi connectivity index (χ3v) is 2.76. The van der Waals surface area contributed by atoms with Crippen molar-refractivity contribution in [2.45, 2.75) is 20.3 Å². The van der Waals surface area contributed by atoms with Crippen molar-refractivity contribution in [3.63, 3.8) is 0 Å². The Labute approximate surface area is 86.3 Å². The van der Waals surface area contributed by atoms with E-state index in [4.69, 9.17) is 11.5 Å². The van der Waals surface area contributed by atoms with E-state index in [0.29, 0.717) is 19.0 Å². The van der Waals surface area contributed by atoms with Gasteiger partial charge in [0.1, 0.15) is 0 Å². The van der Waals surface area contributed by atoms with E-state index in [9.17, 15) is 0 Å². The molecule has 0 saturated heterocycles. The molecule has 0 heterocycles. The van der Waals surface area contributed by atoms with E-state index in [1.54, 1.807) is 0 Å². The van der Waals surface area contributed by atoms with Crippen molar-refractivity contribution in [2.75, 3.05) is 13.1 Å². The standard InChI is InChI=1S/C12H20N2/c1-9-3-4-11(5-10(9)2)6-12(7-13)8-14/h3-5,12H,6-8,13-14H2,1-2H3. The summed E-state index contributed by atoms with van der Waals surface area (Å²) in [5, 5.41) is 0. The molecule has 2 heteroatoms. The Balaban J connectivity index is 2.72. The minimum absolute atomic E-state index is 0.414. The molecule has 0 aliphatic heterocycles. The molecule has 0 saturated carbocycles. The van der Waals surface area contributed by atoms with Crippen LogP contribution in [0.25, 0.3) is 0 Å². The Morgan fingerprint density at radius 1 is 1.07 bits per heavy atom. The molecule has 1 rings (SSSR count). The SMILES string of the molecule is Cc1ccc(CC(CN)CN)cc1C.